The number of ketones is 1. The zero-order valence-corrected chi connectivity index (χ0v) is 10.1. The Hall–Kier alpha value is -1.49. The van der Waals surface area contributed by atoms with Crippen molar-refractivity contribution in [2.45, 2.75) is 6.42 Å². The monoisotopic (exact) mass is 300 g/mol. The summed E-state index contributed by atoms with van der Waals surface area (Å²) in [4.78, 5) is 11.7. The van der Waals surface area contributed by atoms with E-state index in [2.05, 4.69) is 15.9 Å². The lowest BCUT2D eigenvalue weighted by atomic mass is 10.1. The van der Waals surface area contributed by atoms with Crippen LogP contribution < -0.4 is 0 Å². The fourth-order valence-electron chi connectivity index (χ4n) is 1.41. The van der Waals surface area contributed by atoms with E-state index in [-0.39, 0.29) is 17.7 Å². The molecule has 88 valence electrons. The van der Waals surface area contributed by atoms with Gasteiger partial charge >= 0.3 is 0 Å². The molecule has 0 bridgehead atoms. The largest absolute Gasteiger partial charge is 0.446 e. The van der Waals surface area contributed by atoms with E-state index in [0.29, 0.717) is 4.67 Å². The molecule has 0 aliphatic heterocycles. The van der Waals surface area contributed by atoms with Crippen molar-refractivity contribution in [1.29, 1.82) is 0 Å². The van der Waals surface area contributed by atoms with E-state index in [1.807, 2.05) is 0 Å². The molecule has 0 unspecified atom stereocenters. The number of furan rings is 1. The molecule has 0 saturated carbocycles. The fourth-order valence-corrected chi connectivity index (χ4v) is 1.72. The second-order valence-electron chi connectivity index (χ2n) is 3.42. The van der Waals surface area contributed by atoms with Crippen LogP contribution in [0.3, 0.4) is 0 Å². The molecule has 1 heterocycles. The molecule has 0 aliphatic carbocycles. The smallest absolute Gasteiger partial charge is 0.202 e. The van der Waals surface area contributed by atoms with Crippen molar-refractivity contribution in [1.82, 2.24) is 0 Å². The summed E-state index contributed by atoms with van der Waals surface area (Å²) >= 11 is 3.06. The molecular formula is C12H7BrF2O2. The van der Waals surface area contributed by atoms with Crippen LogP contribution in [0.4, 0.5) is 8.78 Å². The van der Waals surface area contributed by atoms with Crippen LogP contribution in [0.15, 0.2) is 39.4 Å². The second kappa shape index (κ2) is 4.79. The average Bonchev–Trinajstić information content (AvgIpc) is 2.72. The Bertz CT molecular complexity index is 563. The quantitative estimate of drug-likeness (QED) is 0.808. The van der Waals surface area contributed by atoms with E-state index in [0.717, 1.165) is 6.07 Å². The Labute approximate surface area is 104 Å². The van der Waals surface area contributed by atoms with Crippen molar-refractivity contribution in [2.75, 3.05) is 0 Å². The molecule has 17 heavy (non-hydrogen) atoms. The molecule has 2 nitrogen and oxygen atoms in total. The van der Waals surface area contributed by atoms with Crippen molar-refractivity contribution in [3.05, 3.63) is 58.0 Å². The van der Waals surface area contributed by atoms with Gasteiger partial charge in [-0.05, 0) is 39.7 Å². The van der Waals surface area contributed by atoms with E-state index < -0.39 is 17.4 Å². The molecule has 0 aliphatic rings. The van der Waals surface area contributed by atoms with Crippen LogP contribution in [0.2, 0.25) is 0 Å². The standard InChI is InChI=1S/C12H7BrF2O2/c13-11-5-4-10(17-11)9(16)6-7-2-1-3-8(14)12(7)15/h1-5H,6H2. The predicted molar refractivity (Wildman–Crippen MR) is 60.8 cm³/mol. The van der Waals surface area contributed by atoms with Crippen molar-refractivity contribution < 1.29 is 18.0 Å². The van der Waals surface area contributed by atoms with Gasteiger partial charge in [0.1, 0.15) is 0 Å². The van der Waals surface area contributed by atoms with E-state index in [9.17, 15) is 13.6 Å². The van der Waals surface area contributed by atoms with Crippen LogP contribution in [-0.4, -0.2) is 5.78 Å². The first-order valence-corrected chi connectivity index (χ1v) is 5.58. The van der Waals surface area contributed by atoms with E-state index in [4.69, 9.17) is 4.42 Å². The molecule has 5 heteroatoms. The lowest BCUT2D eigenvalue weighted by Gasteiger charge is -2.01. The molecule has 0 spiro atoms. The molecule has 0 N–H and O–H groups in total. The minimum absolute atomic E-state index is 0.0162. The van der Waals surface area contributed by atoms with E-state index in [1.54, 1.807) is 6.07 Å². The second-order valence-corrected chi connectivity index (χ2v) is 4.20. The fraction of sp³-hybridized carbons (Fsp3) is 0.0833. The van der Waals surface area contributed by atoms with Gasteiger partial charge in [-0.3, -0.25) is 4.79 Å². The van der Waals surface area contributed by atoms with Gasteiger partial charge in [0.2, 0.25) is 5.78 Å². The van der Waals surface area contributed by atoms with Gasteiger partial charge in [-0.1, -0.05) is 12.1 Å². The Balaban J connectivity index is 2.21. The highest BCUT2D eigenvalue weighted by Crippen LogP contribution is 2.18. The van der Waals surface area contributed by atoms with Crippen LogP contribution in [0, 0.1) is 11.6 Å². The van der Waals surface area contributed by atoms with Gasteiger partial charge in [-0.2, -0.15) is 0 Å². The van der Waals surface area contributed by atoms with Gasteiger partial charge in [0.05, 0.1) is 0 Å². The Kier molecular flexibility index (Phi) is 3.38. The van der Waals surface area contributed by atoms with E-state index in [1.165, 1.54) is 18.2 Å². The molecule has 0 amide bonds. The minimum atomic E-state index is -0.994. The summed E-state index contributed by atoms with van der Waals surface area (Å²) in [5.74, 6) is -2.25. The molecule has 2 aromatic rings. The summed E-state index contributed by atoms with van der Waals surface area (Å²) in [6, 6.07) is 6.78. The summed E-state index contributed by atoms with van der Waals surface area (Å²) in [5, 5.41) is 0. The summed E-state index contributed by atoms with van der Waals surface area (Å²) in [6.07, 6.45) is -0.233. The zero-order chi connectivity index (χ0) is 12.4. The molecule has 0 atom stereocenters. The number of Topliss-reactive ketones (excluding diaryl/α,β-unsaturated/α-hetero) is 1. The molecule has 1 aromatic carbocycles. The summed E-state index contributed by atoms with van der Waals surface area (Å²) in [7, 11) is 0. The third kappa shape index (κ3) is 2.61. The Morgan fingerprint density at radius 1 is 1.24 bits per heavy atom. The van der Waals surface area contributed by atoms with Gasteiger partial charge in [0.15, 0.2) is 22.1 Å². The predicted octanol–water partition coefficient (Wildman–Crippen LogP) is 3.75. The maximum atomic E-state index is 13.3. The molecule has 1 aromatic heterocycles. The number of carbonyl (C=O) groups excluding carboxylic acids is 1. The first-order chi connectivity index (χ1) is 8.08. The van der Waals surface area contributed by atoms with Crippen molar-refractivity contribution in [3.63, 3.8) is 0 Å². The maximum Gasteiger partial charge on any atom is 0.202 e. The summed E-state index contributed by atoms with van der Waals surface area (Å²) < 4.78 is 31.7. The highest BCUT2D eigenvalue weighted by atomic mass is 79.9. The third-order valence-corrected chi connectivity index (χ3v) is 2.66. The lowest BCUT2D eigenvalue weighted by molar-refractivity contribution is 0.0964. The highest BCUT2D eigenvalue weighted by molar-refractivity contribution is 9.10. The zero-order valence-electron chi connectivity index (χ0n) is 8.54. The van der Waals surface area contributed by atoms with Crippen LogP contribution >= 0.6 is 15.9 Å². The van der Waals surface area contributed by atoms with Crippen LogP contribution in [0.1, 0.15) is 16.1 Å². The van der Waals surface area contributed by atoms with Crippen molar-refractivity contribution in [2.24, 2.45) is 0 Å². The van der Waals surface area contributed by atoms with Gasteiger partial charge in [0, 0.05) is 6.42 Å². The topological polar surface area (TPSA) is 30.2 Å². The lowest BCUT2D eigenvalue weighted by Crippen LogP contribution is -2.05. The molecular weight excluding hydrogens is 294 g/mol. The van der Waals surface area contributed by atoms with Gasteiger partial charge in [-0.25, -0.2) is 8.78 Å². The van der Waals surface area contributed by atoms with Crippen molar-refractivity contribution in [3.8, 4) is 0 Å². The number of hydrogen-bond acceptors (Lipinski definition) is 2. The third-order valence-electron chi connectivity index (χ3n) is 2.23. The van der Waals surface area contributed by atoms with E-state index >= 15 is 0 Å². The molecule has 0 radical (unpaired) electrons. The summed E-state index contributed by atoms with van der Waals surface area (Å²) in [5.41, 5.74) is 0.0162. The number of carbonyl (C=O) groups is 1. The first kappa shape index (κ1) is 12.0. The molecule has 0 fully saturated rings. The minimum Gasteiger partial charge on any atom is -0.446 e. The van der Waals surface area contributed by atoms with Gasteiger partial charge in [-0.15, -0.1) is 0 Å². The maximum absolute atomic E-state index is 13.3. The highest BCUT2D eigenvalue weighted by Gasteiger charge is 2.15. The van der Waals surface area contributed by atoms with Gasteiger partial charge < -0.3 is 4.42 Å². The number of rotatable bonds is 3. The first-order valence-electron chi connectivity index (χ1n) is 4.79. The average molecular weight is 301 g/mol. The summed E-state index contributed by atoms with van der Waals surface area (Å²) in [6.45, 7) is 0. The van der Waals surface area contributed by atoms with Crippen LogP contribution in [0.25, 0.3) is 0 Å². The number of halogens is 3. The normalized spacial score (nSPS) is 10.5. The van der Waals surface area contributed by atoms with Crippen molar-refractivity contribution >= 4 is 21.7 Å². The Morgan fingerprint density at radius 3 is 2.65 bits per heavy atom. The molecule has 0 saturated heterocycles. The molecule has 2 rings (SSSR count). The Morgan fingerprint density at radius 2 is 2.00 bits per heavy atom. The SMILES string of the molecule is O=C(Cc1cccc(F)c1F)c1ccc(Br)o1. The van der Waals surface area contributed by atoms with Gasteiger partial charge in [0.25, 0.3) is 0 Å². The number of hydrogen-bond donors (Lipinski definition) is 0. The van der Waals surface area contributed by atoms with Crippen LogP contribution in [-0.2, 0) is 6.42 Å². The van der Waals surface area contributed by atoms with Crippen LogP contribution in [0.5, 0.6) is 0 Å². The number of benzene rings is 1.